The molecule has 30 heavy (non-hydrogen) atoms. The molecule has 3 aromatic carbocycles. The lowest BCUT2D eigenvalue weighted by atomic mass is 10.2. The Morgan fingerprint density at radius 3 is 2.23 bits per heavy atom. The zero-order valence-corrected chi connectivity index (χ0v) is 16.5. The van der Waals surface area contributed by atoms with Crippen molar-refractivity contribution in [1.29, 1.82) is 0 Å². The summed E-state index contributed by atoms with van der Waals surface area (Å²) >= 11 is 0. The molecule has 0 saturated heterocycles. The summed E-state index contributed by atoms with van der Waals surface area (Å²) in [5, 5.41) is 13.5. The smallest absolute Gasteiger partial charge is 0.269 e. The molecule has 1 amide bonds. The summed E-state index contributed by atoms with van der Waals surface area (Å²) in [7, 11) is 0. The van der Waals surface area contributed by atoms with E-state index >= 15 is 0 Å². The van der Waals surface area contributed by atoms with Gasteiger partial charge in [0, 0.05) is 24.2 Å². The molecule has 3 aromatic rings. The normalized spacial score (nSPS) is 11.4. The van der Waals surface area contributed by atoms with Gasteiger partial charge in [-0.05, 0) is 48.9 Å². The molecule has 7 nitrogen and oxygen atoms in total. The standard InChI is InChI=1S/C23H22N2O5/c1-17(30-22-13-9-20(10-14-22)25(27)28)23(26)24-19-7-11-21(12-8-19)29-16-15-18-5-3-2-4-6-18/h2-14,17H,15-16H2,1H3,(H,24,26). The van der Waals surface area contributed by atoms with Crippen molar-refractivity contribution in [2.45, 2.75) is 19.4 Å². The minimum absolute atomic E-state index is 0.0365. The maximum atomic E-state index is 12.3. The molecular formula is C23H22N2O5. The number of amides is 1. The third-order valence-electron chi connectivity index (χ3n) is 4.35. The Morgan fingerprint density at radius 2 is 1.60 bits per heavy atom. The first-order valence-electron chi connectivity index (χ1n) is 9.50. The molecule has 0 bridgehead atoms. The van der Waals surface area contributed by atoms with Crippen LogP contribution in [0.25, 0.3) is 0 Å². The number of carbonyl (C=O) groups is 1. The minimum Gasteiger partial charge on any atom is -0.493 e. The number of nitrogens with one attached hydrogen (secondary N) is 1. The van der Waals surface area contributed by atoms with E-state index in [1.54, 1.807) is 31.2 Å². The minimum atomic E-state index is -0.770. The van der Waals surface area contributed by atoms with Crippen LogP contribution >= 0.6 is 0 Å². The van der Waals surface area contributed by atoms with Crippen molar-refractivity contribution in [3.05, 3.63) is 94.5 Å². The molecule has 0 aliphatic heterocycles. The first kappa shape index (κ1) is 20.9. The topological polar surface area (TPSA) is 90.7 Å². The average molecular weight is 406 g/mol. The van der Waals surface area contributed by atoms with Crippen LogP contribution in [-0.4, -0.2) is 23.5 Å². The predicted octanol–water partition coefficient (Wildman–Crippen LogP) is 4.62. The van der Waals surface area contributed by atoms with Crippen LogP contribution < -0.4 is 14.8 Å². The molecule has 1 N–H and O–H groups in total. The monoisotopic (exact) mass is 406 g/mol. The molecule has 0 spiro atoms. The number of carbonyl (C=O) groups excluding carboxylic acids is 1. The Morgan fingerprint density at radius 1 is 0.967 bits per heavy atom. The summed E-state index contributed by atoms with van der Waals surface area (Å²) in [5.74, 6) is 0.774. The highest BCUT2D eigenvalue weighted by Crippen LogP contribution is 2.20. The fraction of sp³-hybridized carbons (Fsp3) is 0.174. The molecule has 0 heterocycles. The summed E-state index contributed by atoms with van der Waals surface area (Å²) in [5.41, 5.74) is 1.79. The van der Waals surface area contributed by atoms with Crippen LogP contribution in [0.15, 0.2) is 78.9 Å². The molecule has 0 aliphatic rings. The second-order valence-corrected chi connectivity index (χ2v) is 6.61. The number of hydrogen-bond donors (Lipinski definition) is 1. The van der Waals surface area contributed by atoms with E-state index in [1.165, 1.54) is 29.8 Å². The Balaban J connectivity index is 1.46. The fourth-order valence-corrected chi connectivity index (χ4v) is 2.71. The van der Waals surface area contributed by atoms with Crippen molar-refractivity contribution >= 4 is 17.3 Å². The van der Waals surface area contributed by atoms with Gasteiger partial charge in [0.15, 0.2) is 6.10 Å². The highest BCUT2D eigenvalue weighted by atomic mass is 16.6. The Labute approximate surface area is 174 Å². The molecule has 1 atom stereocenters. The maximum Gasteiger partial charge on any atom is 0.269 e. The van der Waals surface area contributed by atoms with Gasteiger partial charge in [0.05, 0.1) is 11.5 Å². The number of nitro benzene ring substituents is 1. The summed E-state index contributed by atoms with van der Waals surface area (Å²) < 4.78 is 11.3. The fourth-order valence-electron chi connectivity index (χ4n) is 2.71. The summed E-state index contributed by atoms with van der Waals surface area (Å²) in [6.07, 6.45) is 0.0462. The van der Waals surface area contributed by atoms with Crippen molar-refractivity contribution in [3.63, 3.8) is 0 Å². The van der Waals surface area contributed by atoms with Crippen molar-refractivity contribution in [2.75, 3.05) is 11.9 Å². The van der Waals surface area contributed by atoms with E-state index < -0.39 is 11.0 Å². The number of non-ortho nitro benzene ring substituents is 1. The largest absolute Gasteiger partial charge is 0.493 e. The Kier molecular flexibility index (Phi) is 7.00. The van der Waals surface area contributed by atoms with E-state index in [9.17, 15) is 14.9 Å². The van der Waals surface area contributed by atoms with E-state index in [-0.39, 0.29) is 11.6 Å². The van der Waals surface area contributed by atoms with Gasteiger partial charge in [-0.15, -0.1) is 0 Å². The lowest BCUT2D eigenvalue weighted by Gasteiger charge is -2.15. The van der Waals surface area contributed by atoms with Crippen LogP contribution in [0.4, 0.5) is 11.4 Å². The number of benzene rings is 3. The van der Waals surface area contributed by atoms with Gasteiger partial charge < -0.3 is 14.8 Å². The first-order chi connectivity index (χ1) is 14.5. The number of nitro groups is 1. The molecule has 1 unspecified atom stereocenters. The van der Waals surface area contributed by atoms with Crippen molar-refractivity contribution in [3.8, 4) is 11.5 Å². The zero-order valence-electron chi connectivity index (χ0n) is 16.5. The van der Waals surface area contributed by atoms with Crippen molar-refractivity contribution in [2.24, 2.45) is 0 Å². The second-order valence-electron chi connectivity index (χ2n) is 6.61. The second kappa shape index (κ2) is 10.1. The lowest BCUT2D eigenvalue weighted by molar-refractivity contribution is -0.384. The lowest BCUT2D eigenvalue weighted by Crippen LogP contribution is -2.30. The summed E-state index contributed by atoms with van der Waals surface area (Å²) in [4.78, 5) is 22.5. The molecule has 0 radical (unpaired) electrons. The number of rotatable bonds is 9. The van der Waals surface area contributed by atoms with E-state index in [4.69, 9.17) is 9.47 Å². The molecule has 0 aliphatic carbocycles. The van der Waals surface area contributed by atoms with Crippen molar-refractivity contribution < 1.29 is 19.2 Å². The highest BCUT2D eigenvalue weighted by Gasteiger charge is 2.15. The van der Waals surface area contributed by atoms with Crippen LogP contribution in [0.1, 0.15) is 12.5 Å². The molecule has 154 valence electrons. The van der Waals surface area contributed by atoms with Crippen LogP contribution in [0.2, 0.25) is 0 Å². The molecule has 3 rings (SSSR count). The number of anilines is 1. The van der Waals surface area contributed by atoms with Gasteiger partial charge in [-0.25, -0.2) is 0 Å². The van der Waals surface area contributed by atoms with Crippen LogP contribution in [-0.2, 0) is 11.2 Å². The molecule has 0 fully saturated rings. The van der Waals surface area contributed by atoms with E-state index in [0.29, 0.717) is 18.0 Å². The van der Waals surface area contributed by atoms with Crippen molar-refractivity contribution in [1.82, 2.24) is 0 Å². The first-order valence-corrected chi connectivity index (χ1v) is 9.50. The molecule has 0 aromatic heterocycles. The summed E-state index contributed by atoms with van der Waals surface area (Å²) in [6.45, 7) is 2.17. The van der Waals surface area contributed by atoms with Gasteiger partial charge >= 0.3 is 0 Å². The quantitative estimate of drug-likeness (QED) is 0.413. The van der Waals surface area contributed by atoms with Gasteiger partial charge in [-0.2, -0.15) is 0 Å². The van der Waals surface area contributed by atoms with Gasteiger partial charge in [0.1, 0.15) is 11.5 Å². The number of ether oxygens (including phenoxy) is 2. The third kappa shape index (κ3) is 6.07. The zero-order chi connectivity index (χ0) is 21.3. The molecule has 0 saturated carbocycles. The highest BCUT2D eigenvalue weighted by molar-refractivity contribution is 5.94. The van der Waals surface area contributed by atoms with Crippen LogP contribution in [0.3, 0.4) is 0 Å². The van der Waals surface area contributed by atoms with E-state index in [2.05, 4.69) is 17.4 Å². The van der Waals surface area contributed by atoms with Gasteiger partial charge in [0.25, 0.3) is 11.6 Å². The number of nitrogens with zero attached hydrogens (tertiary/aromatic N) is 1. The number of hydrogen-bond acceptors (Lipinski definition) is 5. The van der Waals surface area contributed by atoms with Gasteiger partial charge in [-0.1, -0.05) is 30.3 Å². The predicted molar refractivity (Wildman–Crippen MR) is 114 cm³/mol. The third-order valence-corrected chi connectivity index (χ3v) is 4.35. The maximum absolute atomic E-state index is 12.3. The van der Waals surface area contributed by atoms with E-state index in [0.717, 1.165) is 12.2 Å². The average Bonchev–Trinajstić information content (AvgIpc) is 2.76. The van der Waals surface area contributed by atoms with Crippen LogP contribution in [0.5, 0.6) is 11.5 Å². The SMILES string of the molecule is CC(Oc1ccc([N+](=O)[O-])cc1)C(=O)Nc1ccc(OCCc2ccccc2)cc1. The molecular weight excluding hydrogens is 384 g/mol. The Bertz CT molecular complexity index is 973. The summed E-state index contributed by atoms with van der Waals surface area (Å²) in [6, 6.07) is 22.8. The Hall–Kier alpha value is -3.87. The van der Waals surface area contributed by atoms with Crippen LogP contribution in [0, 0.1) is 10.1 Å². The van der Waals surface area contributed by atoms with E-state index in [1.807, 2.05) is 18.2 Å². The van der Waals surface area contributed by atoms with Gasteiger partial charge in [-0.3, -0.25) is 14.9 Å². The molecule has 7 heteroatoms. The van der Waals surface area contributed by atoms with Gasteiger partial charge in [0.2, 0.25) is 0 Å².